The lowest BCUT2D eigenvalue weighted by Crippen LogP contribution is -2.35. The first-order valence-electron chi connectivity index (χ1n) is 8.12. The molecule has 1 saturated heterocycles. The molecular formula is C15H31NO6Si2. The molecule has 0 bridgehead atoms. The number of hydrogen-bond acceptors (Lipinski definition) is 6. The average Bonchev–Trinajstić information content (AvgIpc) is 2.68. The van der Waals surface area contributed by atoms with Crippen molar-refractivity contribution in [1.29, 1.82) is 0 Å². The van der Waals surface area contributed by atoms with Gasteiger partial charge in [0.15, 0.2) is 0 Å². The minimum atomic E-state index is -1.28. The number of aliphatic hydroxyl groups excluding tert-OH is 1. The quantitative estimate of drug-likeness (QED) is 0.450. The van der Waals surface area contributed by atoms with E-state index in [0.29, 0.717) is 5.06 Å². The van der Waals surface area contributed by atoms with E-state index in [1.165, 1.54) is 0 Å². The first kappa shape index (κ1) is 22.8. The molecule has 0 aromatic carbocycles. The van der Waals surface area contributed by atoms with Crippen molar-refractivity contribution in [2.24, 2.45) is 0 Å². The molecule has 140 valence electrons. The summed E-state index contributed by atoms with van der Waals surface area (Å²) in [4.78, 5) is 38.0. The molecule has 1 aliphatic heterocycles. The Labute approximate surface area is 146 Å². The monoisotopic (exact) mass is 377 g/mol. The fraction of sp³-hybridized carbons (Fsp3) is 0.800. The maximum atomic E-state index is 11.2. The number of imide groups is 1. The second-order valence-corrected chi connectivity index (χ2v) is 19.3. The average molecular weight is 378 g/mol. The molecule has 1 N–H and O–H groups in total. The van der Waals surface area contributed by atoms with Gasteiger partial charge in [0.05, 0.1) is 14.7 Å². The van der Waals surface area contributed by atoms with Gasteiger partial charge in [-0.2, -0.15) is 0 Å². The van der Waals surface area contributed by atoms with Crippen LogP contribution in [0.3, 0.4) is 0 Å². The third-order valence-corrected chi connectivity index (χ3v) is 7.71. The first-order chi connectivity index (χ1) is 10.7. The number of nitrogens with zero attached hydrogens (tertiary/aromatic N) is 1. The van der Waals surface area contributed by atoms with Crippen LogP contribution in [0.4, 0.5) is 4.79 Å². The number of hydrogen-bond donors (Lipinski definition) is 1. The third kappa shape index (κ3) is 9.83. The van der Waals surface area contributed by atoms with Gasteiger partial charge in [0.2, 0.25) is 0 Å². The van der Waals surface area contributed by atoms with E-state index in [0.717, 1.165) is 6.04 Å². The minimum Gasteiger partial charge on any atom is -0.433 e. The lowest BCUT2D eigenvalue weighted by Gasteiger charge is -2.18. The summed E-state index contributed by atoms with van der Waals surface area (Å²) in [5.41, 5.74) is -0.0625. The van der Waals surface area contributed by atoms with Gasteiger partial charge < -0.3 is 9.84 Å². The van der Waals surface area contributed by atoms with Crippen LogP contribution in [0, 0.1) is 0 Å². The van der Waals surface area contributed by atoms with Crippen LogP contribution in [-0.4, -0.2) is 56.6 Å². The molecular weight excluding hydrogens is 346 g/mol. The van der Waals surface area contributed by atoms with Crippen LogP contribution in [0.15, 0.2) is 0 Å². The first-order valence-corrected chi connectivity index (χ1v) is 15.4. The van der Waals surface area contributed by atoms with Crippen molar-refractivity contribution >= 4 is 34.1 Å². The van der Waals surface area contributed by atoms with Gasteiger partial charge in [0.25, 0.3) is 11.8 Å². The van der Waals surface area contributed by atoms with Crippen LogP contribution in [0.1, 0.15) is 19.8 Å². The van der Waals surface area contributed by atoms with E-state index in [4.69, 9.17) is 9.84 Å². The predicted octanol–water partition coefficient (Wildman–Crippen LogP) is 2.79. The molecule has 1 rings (SSSR count). The van der Waals surface area contributed by atoms with Crippen LogP contribution in [0.2, 0.25) is 45.3 Å². The van der Waals surface area contributed by atoms with Crippen molar-refractivity contribution in [2.75, 3.05) is 6.61 Å². The van der Waals surface area contributed by atoms with Crippen LogP contribution in [-0.2, 0) is 19.2 Å². The highest BCUT2D eigenvalue weighted by Crippen LogP contribution is 2.13. The van der Waals surface area contributed by atoms with Gasteiger partial charge in [-0.3, -0.25) is 14.4 Å². The standard InChI is InChI=1S/C10H17NO5Si.C5H14OSi/c1-17(2,3)7-6-15-10(14)16-11-8(12)4-5-9(11)13;1-5(6)7(2,3)4/h4-7H2,1-3H3;5-6H,1-4H3. The second kappa shape index (κ2) is 9.33. The molecule has 1 atom stereocenters. The molecule has 24 heavy (non-hydrogen) atoms. The Balaban J connectivity index is 0.000000640. The highest BCUT2D eigenvalue weighted by Gasteiger charge is 2.33. The summed E-state index contributed by atoms with van der Waals surface area (Å²) in [6, 6.07) is 0.810. The number of hydroxylamine groups is 2. The van der Waals surface area contributed by atoms with Gasteiger partial charge in [-0.05, 0) is 13.0 Å². The predicted molar refractivity (Wildman–Crippen MR) is 96.7 cm³/mol. The molecule has 9 heteroatoms. The third-order valence-electron chi connectivity index (χ3n) is 3.50. The maximum absolute atomic E-state index is 11.2. The number of aliphatic hydroxyl groups is 1. The Morgan fingerprint density at radius 2 is 1.54 bits per heavy atom. The molecule has 0 aromatic heterocycles. The smallest absolute Gasteiger partial charge is 0.433 e. The van der Waals surface area contributed by atoms with E-state index >= 15 is 0 Å². The largest absolute Gasteiger partial charge is 0.533 e. The second-order valence-electron chi connectivity index (χ2n) is 8.12. The van der Waals surface area contributed by atoms with E-state index in [9.17, 15) is 14.4 Å². The molecule has 0 aliphatic carbocycles. The SMILES string of the molecule is CC(O)[Si](C)(C)C.C[Si](C)(C)CCOC(=O)ON1C(=O)CCC1=O. The lowest BCUT2D eigenvalue weighted by atomic mass is 10.4. The summed E-state index contributed by atoms with van der Waals surface area (Å²) in [5.74, 6) is -1.01. The fourth-order valence-corrected chi connectivity index (χ4v) is 1.91. The molecule has 1 aliphatic rings. The van der Waals surface area contributed by atoms with Gasteiger partial charge in [-0.25, -0.2) is 4.79 Å². The zero-order chi connectivity index (χ0) is 19.1. The lowest BCUT2D eigenvalue weighted by molar-refractivity contribution is -0.176. The number of amides is 2. The summed E-state index contributed by atoms with van der Waals surface area (Å²) in [6.45, 7) is 15.0. The van der Waals surface area contributed by atoms with Crippen LogP contribution in [0.25, 0.3) is 0 Å². The Bertz CT molecular complexity index is 438. The summed E-state index contributed by atoms with van der Waals surface area (Å²) in [5, 5.41) is 9.43. The summed E-state index contributed by atoms with van der Waals surface area (Å²) >= 11 is 0. The van der Waals surface area contributed by atoms with E-state index in [-0.39, 0.29) is 25.2 Å². The highest BCUT2D eigenvalue weighted by atomic mass is 28.3. The molecule has 7 nitrogen and oxygen atoms in total. The molecule has 0 aromatic rings. The van der Waals surface area contributed by atoms with Gasteiger partial charge in [0.1, 0.15) is 0 Å². The molecule has 0 saturated carbocycles. The zero-order valence-corrected chi connectivity index (χ0v) is 17.8. The summed E-state index contributed by atoms with van der Waals surface area (Å²) < 4.78 is 4.80. The molecule has 0 radical (unpaired) electrons. The molecule has 0 spiro atoms. The molecule has 1 fully saturated rings. The summed E-state index contributed by atoms with van der Waals surface area (Å²) in [7, 11) is -2.45. The van der Waals surface area contributed by atoms with Crippen molar-refractivity contribution in [3.8, 4) is 0 Å². The van der Waals surface area contributed by atoms with Gasteiger partial charge in [0, 0.05) is 26.6 Å². The number of rotatable bonds is 5. The molecule has 1 unspecified atom stereocenters. The normalized spacial score (nSPS) is 16.4. The molecule has 2 amide bonds. The van der Waals surface area contributed by atoms with Gasteiger partial charge >= 0.3 is 6.16 Å². The van der Waals surface area contributed by atoms with Gasteiger partial charge in [-0.15, -0.1) is 0 Å². The Kier molecular flexibility index (Phi) is 8.86. The van der Waals surface area contributed by atoms with E-state index in [2.05, 4.69) is 44.1 Å². The van der Waals surface area contributed by atoms with Crippen LogP contribution < -0.4 is 0 Å². The highest BCUT2D eigenvalue weighted by molar-refractivity contribution is 6.77. The minimum absolute atomic E-state index is 0.0625. The van der Waals surface area contributed by atoms with Crippen molar-refractivity contribution < 1.29 is 29.1 Å². The van der Waals surface area contributed by atoms with Crippen molar-refractivity contribution in [3.05, 3.63) is 0 Å². The zero-order valence-electron chi connectivity index (χ0n) is 15.8. The molecule has 1 heterocycles. The van der Waals surface area contributed by atoms with Crippen LogP contribution in [0.5, 0.6) is 0 Å². The number of ether oxygens (including phenoxy) is 1. The topological polar surface area (TPSA) is 93.1 Å². The van der Waals surface area contributed by atoms with Crippen molar-refractivity contribution in [1.82, 2.24) is 5.06 Å². The number of carbonyl (C=O) groups excluding carboxylic acids is 3. The van der Waals surface area contributed by atoms with E-state index in [1.54, 1.807) is 0 Å². The number of carbonyl (C=O) groups is 3. The van der Waals surface area contributed by atoms with Gasteiger partial charge in [-0.1, -0.05) is 44.3 Å². The Morgan fingerprint density at radius 3 is 1.88 bits per heavy atom. The van der Waals surface area contributed by atoms with Crippen molar-refractivity contribution in [2.45, 2.75) is 70.8 Å². The Morgan fingerprint density at radius 1 is 1.12 bits per heavy atom. The van der Waals surface area contributed by atoms with Crippen LogP contribution >= 0.6 is 0 Å². The maximum Gasteiger partial charge on any atom is 0.533 e. The van der Waals surface area contributed by atoms with Crippen molar-refractivity contribution in [3.63, 3.8) is 0 Å². The van der Waals surface area contributed by atoms with E-state index in [1.807, 2.05) is 6.92 Å². The summed E-state index contributed by atoms with van der Waals surface area (Å²) in [6.07, 6.45) is -0.825. The van der Waals surface area contributed by atoms with E-state index < -0.39 is 34.1 Å². The fourth-order valence-electron chi connectivity index (χ4n) is 1.20. The Hall–Kier alpha value is -1.20.